The highest BCUT2D eigenvalue weighted by molar-refractivity contribution is 5.53. The number of hydrogen-bond acceptors (Lipinski definition) is 2. The highest BCUT2D eigenvalue weighted by atomic mass is 19.4. The molecular weight excluding hydrogens is 336 g/mol. The van der Waals surface area contributed by atoms with Crippen LogP contribution in [0.15, 0.2) is 18.2 Å². The van der Waals surface area contributed by atoms with E-state index in [1.165, 1.54) is 0 Å². The Kier molecular flexibility index (Phi) is 5.57. The van der Waals surface area contributed by atoms with E-state index in [-0.39, 0.29) is 24.0 Å². The summed E-state index contributed by atoms with van der Waals surface area (Å²) in [5, 5.41) is 0. The first-order chi connectivity index (χ1) is 11.1. The van der Waals surface area contributed by atoms with E-state index < -0.39 is 23.5 Å². The maximum atomic E-state index is 13.1. The zero-order valence-electron chi connectivity index (χ0n) is 12.8. The number of aldehydes is 1. The molecule has 8 heteroatoms. The molecule has 0 radical (unpaired) electrons. The van der Waals surface area contributed by atoms with Gasteiger partial charge in [-0.25, -0.2) is 0 Å². The average Bonchev–Trinajstić information content (AvgIpc) is 2.51. The molecule has 24 heavy (non-hydrogen) atoms. The second-order valence-corrected chi connectivity index (χ2v) is 5.93. The van der Waals surface area contributed by atoms with Crippen LogP contribution in [0, 0.1) is 5.92 Å². The number of nitrogens with zero attached hydrogens (tertiary/aromatic N) is 1. The van der Waals surface area contributed by atoms with Crippen molar-refractivity contribution in [3.05, 3.63) is 34.9 Å². The number of likely N-dealkylation sites (tertiary alicyclic amines) is 1. The van der Waals surface area contributed by atoms with Crippen LogP contribution < -0.4 is 0 Å². The van der Waals surface area contributed by atoms with Gasteiger partial charge in [0.25, 0.3) is 0 Å². The van der Waals surface area contributed by atoms with Crippen LogP contribution in [0.4, 0.5) is 26.3 Å². The molecule has 0 aromatic heterocycles. The number of hydrogen-bond donors (Lipinski definition) is 0. The standard InChI is InChI=1S/C16H17F6NO/c17-15(18,19)13-2-1-12(14(9-13)16(20,21)22)5-8-23-6-3-11(10-24)4-7-23/h1-2,9-11H,3-8H2. The molecule has 0 saturated carbocycles. The van der Waals surface area contributed by atoms with Crippen molar-refractivity contribution in [2.45, 2.75) is 31.6 Å². The molecule has 134 valence electrons. The second kappa shape index (κ2) is 7.13. The minimum Gasteiger partial charge on any atom is -0.303 e. The van der Waals surface area contributed by atoms with Crippen LogP contribution in [0.5, 0.6) is 0 Å². The summed E-state index contributed by atoms with van der Waals surface area (Å²) in [5.41, 5.74) is -2.68. The van der Waals surface area contributed by atoms with Gasteiger partial charge in [0.2, 0.25) is 0 Å². The van der Waals surface area contributed by atoms with Gasteiger partial charge in [-0.2, -0.15) is 26.3 Å². The van der Waals surface area contributed by atoms with Gasteiger partial charge in [0, 0.05) is 12.5 Å². The molecular formula is C16H17F6NO. The van der Waals surface area contributed by atoms with E-state index in [0.29, 0.717) is 38.5 Å². The zero-order chi connectivity index (χ0) is 18.0. The van der Waals surface area contributed by atoms with Crippen LogP contribution in [0.25, 0.3) is 0 Å². The summed E-state index contributed by atoms with van der Waals surface area (Å²) in [6, 6.07) is 1.76. The molecule has 2 rings (SSSR count). The fraction of sp³-hybridized carbons (Fsp3) is 0.562. The van der Waals surface area contributed by atoms with Crippen LogP contribution >= 0.6 is 0 Å². The van der Waals surface area contributed by atoms with Gasteiger partial charge >= 0.3 is 12.4 Å². The van der Waals surface area contributed by atoms with Crippen molar-refractivity contribution in [1.82, 2.24) is 4.90 Å². The smallest absolute Gasteiger partial charge is 0.303 e. The summed E-state index contributed by atoms with van der Waals surface area (Å²) in [7, 11) is 0. The summed E-state index contributed by atoms with van der Waals surface area (Å²) < 4.78 is 77.1. The predicted molar refractivity (Wildman–Crippen MR) is 75.4 cm³/mol. The van der Waals surface area contributed by atoms with Gasteiger partial charge in [-0.3, -0.25) is 0 Å². The molecule has 1 aromatic rings. The Morgan fingerprint density at radius 2 is 1.67 bits per heavy atom. The molecule has 1 fully saturated rings. The van der Waals surface area contributed by atoms with E-state index in [9.17, 15) is 31.1 Å². The summed E-state index contributed by atoms with van der Waals surface area (Å²) in [5.74, 6) is -0.0157. The Morgan fingerprint density at radius 3 is 2.17 bits per heavy atom. The van der Waals surface area contributed by atoms with Gasteiger partial charge in [0.05, 0.1) is 11.1 Å². The number of alkyl halides is 6. The van der Waals surface area contributed by atoms with Crippen molar-refractivity contribution >= 4 is 6.29 Å². The minimum absolute atomic E-state index is 0.0126. The fourth-order valence-electron chi connectivity index (χ4n) is 2.83. The van der Waals surface area contributed by atoms with Gasteiger partial charge in [-0.05, 0) is 50.0 Å². The lowest BCUT2D eigenvalue weighted by Crippen LogP contribution is -2.35. The van der Waals surface area contributed by atoms with Crippen LogP contribution in [0.3, 0.4) is 0 Å². The monoisotopic (exact) mass is 353 g/mol. The Bertz CT molecular complexity index is 573. The molecule has 0 unspecified atom stereocenters. The van der Waals surface area contributed by atoms with Crippen molar-refractivity contribution in [3.8, 4) is 0 Å². The Hall–Kier alpha value is -1.57. The van der Waals surface area contributed by atoms with Crippen molar-refractivity contribution in [2.75, 3.05) is 19.6 Å². The first-order valence-corrected chi connectivity index (χ1v) is 7.56. The third kappa shape index (κ3) is 4.72. The van der Waals surface area contributed by atoms with E-state index in [1.54, 1.807) is 0 Å². The van der Waals surface area contributed by atoms with E-state index in [1.807, 2.05) is 4.90 Å². The third-order valence-electron chi connectivity index (χ3n) is 4.26. The Balaban J connectivity index is 2.11. The molecule has 0 N–H and O–H groups in total. The number of carbonyl (C=O) groups excluding carboxylic acids is 1. The number of carbonyl (C=O) groups is 1. The van der Waals surface area contributed by atoms with E-state index in [0.717, 1.165) is 12.4 Å². The zero-order valence-corrected chi connectivity index (χ0v) is 12.8. The van der Waals surface area contributed by atoms with Gasteiger partial charge in [-0.15, -0.1) is 0 Å². The van der Waals surface area contributed by atoms with Crippen LogP contribution in [-0.2, 0) is 23.6 Å². The van der Waals surface area contributed by atoms with Crippen molar-refractivity contribution < 1.29 is 31.1 Å². The molecule has 1 aromatic carbocycles. The number of rotatable bonds is 4. The third-order valence-corrected chi connectivity index (χ3v) is 4.26. The SMILES string of the molecule is O=CC1CCN(CCc2ccc(C(F)(F)F)cc2C(F)(F)F)CC1. The van der Waals surface area contributed by atoms with Gasteiger partial charge < -0.3 is 9.69 Å². The lowest BCUT2D eigenvalue weighted by Gasteiger charge is -2.29. The summed E-state index contributed by atoms with van der Waals surface area (Å²) in [6.07, 6.45) is -7.44. The van der Waals surface area contributed by atoms with Crippen molar-refractivity contribution in [2.24, 2.45) is 5.92 Å². The fourth-order valence-corrected chi connectivity index (χ4v) is 2.83. The minimum atomic E-state index is -4.83. The van der Waals surface area contributed by atoms with Crippen LogP contribution in [0.2, 0.25) is 0 Å². The summed E-state index contributed by atoms with van der Waals surface area (Å²) in [4.78, 5) is 12.6. The number of piperidine rings is 1. The molecule has 0 atom stereocenters. The van der Waals surface area contributed by atoms with Gasteiger partial charge in [0.15, 0.2) is 0 Å². The predicted octanol–water partition coefficient (Wildman–Crippen LogP) is 4.18. The van der Waals surface area contributed by atoms with Crippen molar-refractivity contribution in [1.29, 1.82) is 0 Å². The van der Waals surface area contributed by atoms with Gasteiger partial charge in [-0.1, -0.05) is 6.07 Å². The molecule has 1 aliphatic rings. The van der Waals surface area contributed by atoms with Gasteiger partial charge in [0.1, 0.15) is 6.29 Å². The molecule has 1 saturated heterocycles. The Morgan fingerprint density at radius 1 is 1.04 bits per heavy atom. The maximum Gasteiger partial charge on any atom is 0.416 e. The molecule has 1 aliphatic heterocycles. The maximum absolute atomic E-state index is 13.1. The van der Waals surface area contributed by atoms with Crippen LogP contribution in [0.1, 0.15) is 29.5 Å². The summed E-state index contributed by atoms with van der Waals surface area (Å²) >= 11 is 0. The van der Waals surface area contributed by atoms with Crippen molar-refractivity contribution in [3.63, 3.8) is 0 Å². The van der Waals surface area contributed by atoms with E-state index >= 15 is 0 Å². The molecule has 0 bridgehead atoms. The highest BCUT2D eigenvalue weighted by Gasteiger charge is 2.38. The lowest BCUT2D eigenvalue weighted by molar-refractivity contribution is -0.143. The highest BCUT2D eigenvalue weighted by Crippen LogP contribution is 2.37. The van der Waals surface area contributed by atoms with E-state index in [2.05, 4.69) is 0 Å². The van der Waals surface area contributed by atoms with E-state index in [4.69, 9.17) is 0 Å². The Labute approximate surface area is 135 Å². The first-order valence-electron chi connectivity index (χ1n) is 7.56. The molecule has 1 heterocycles. The number of benzene rings is 1. The van der Waals surface area contributed by atoms with Crippen LogP contribution in [-0.4, -0.2) is 30.8 Å². The molecule has 0 spiro atoms. The summed E-state index contributed by atoms with van der Waals surface area (Å²) in [6.45, 7) is 1.52. The largest absolute Gasteiger partial charge is 0.416 e. The molecule has 2 nitrogen and oxygen atoms in total. The first kappa shape index (κ1) is 18.8. The topological polar surface area (TPSA) is 20.3 Å². The molecule has 0 amide bonds. The normalized spacial score (nSPS) is 17.9. The molecule has 0 aliphatic carbocycles. The lowest BCUT2D eigenvalue weighted by atomic mass is 9.97. The average molecular weight is 353 g/mol. The second-order valence-electron chi connectivity index (χ2n) is 5.93. The quantitative estimate of drug-likeness (QED) is 0.598. The number of halogens is 6.